The van der Waals surface area contributed by atoms with Crippen molar-refractivity contribution in [1.82, 2.24) is 19.7 Å². The summed E-state index contributed by atoms with van der Waals surface area (Å²) in [5.74, 6) is 0.556. The van der Waals surface area contributed by atoms with Crippen molar-refractivity contribution in [2.75, 3.05) is 5.32 Å². The Labute approximate surface area is 117 Å². The lowest BCUT2D eigenvalue weighted by Gasteiger charge is -2.20. The van der Waals surface area contributed by atoms with E-state index in [9.17, 15) is 4.79 Å². The molecule has 0 aliphatic heterocycles. The summed E-state index contributed by atoms with van der Waals surface area (Å²) in [7, 11) is 0. The molecule has 1 aliphatic carbocycles. The van der Waals surface area contributed by atoms with Crippen LogP contribution >= 0.6 is 0 Å². The van der Waals surface area contributed by atoms with Crippen molar-refractivity contribution >= 4 is 17.0 Å². The van der Waals surface area contributed by atoms with E-state index < -0.39 is 0 Å². The topological polar surface area (TPSA) is 75.6 Å². The molecule has 1 fully saturated rings. The van der Waals surface area contributed by atoms with E-state index in [0.717, 1.165) is 12.8 Å². The van der Waals surface area contributed by atoms with Crippen molar-refractivity contribution in [1.29, 1.82) is 0 Å². The lowest BCUT2D eigenvalue weighted by molar-refractivity contribution is 0.366. The monoisotopic (exact) mass is 275 g/mol. The van der Waals surface area contributed by atoms with Crippen LogP contribution in [0.4, 0.5) is 5.95 Å². The quantitative estimate of drug-likeness (QED) is 0.881. The molecule has 0 spiro atoms. The van der Waals surface area contributed by atoms with E-state index in [1.165, 1.54) is 12.8 Å². The summed E-state index contributed by atoms with van der Waals surface area (Å²) in [6.45, 7) is 6.14. The normalized spacial score (nSPS) is 16.9. The highest BCUT2D eigenvalue weighted by atomic mass is 16.1. The molecule has 0 saturated heterocycles. The first-order valence-corrected chi connectivity index (χ1v) is 7.20. The molecule has 2 N–H and O–H groups in total. The number of anilines is 1. The lowest BCUT2D eigenvalue weighted by Crippen LogP contribution is -2.25. The molecule has 0 unspecified atom stereocenters. The Bertz CT molecular complexity index is 673. The second-order valence-electron chi connectivity index (χ2n) is 6.50. The molecule has 1 aliphatic rings. The van der Waals surface area contributed by atoms with Gasteiger partial charge in [-0.3, -0.25) is 9.78 Å². The molecule has 3 rings (SSSR count). The van der Waals surface area contributed by atoms with Crippen LogP contribution in [0.15, 0.2) is 11.0 Å². The summed E-state index contributed by atoms with van der Waals surface area (Å²) < 4.78 is 1.80. The van der Waals surface area contributed by atoms with Gasteiger partial charge in [0.25, 0.3) is 5.56 Å². The average molecular weight is 275 g/mol. The van der Waals surface area contributed by atoms with Crippen molar-refractivity contribution in [2.24, 2.45) is 0 Å². The van der Waals surface area contributed by atoms with E-state index in [2.05, 4.69) is 20.4 Å². The van der Waals surface area contributed by atoms with Gasteiger partial charge in [0, 0.05) is 6.04 Å². The van der Waals surface area contributed by atoms with Crippen LogP contribution < -0.4 is 10.9 Å². The first-order chi connectivity index (χ1) is 9.45. The molecule has 0 bridgehead atoms. The number of aromatic amines is 1. The maximum atomic E-state index is 12.1. The summed E-state index contributed by atoms with van der Waals surface area (Å²) in [4.78, 5) is 19.5. The van der Waals surface area contributed by atoms with E-state index in [4.69, 9.17) is 0 Å². The predicted octanol–water partition coefficient (Wildman–Crippen LogP) is 2.23. The SMILES string of the molecule is CC(C)(C)n1ncc2c(=O)[nH]c(NC3CCCC3)nc21. The third-order valence-electron chi connectivity index (χ3n) is 3.77. The average Bonchev–Trinajstić information content (AvgIpc) is 2.96. The first-order valence-electron chi connectivity index (χ1n) is 7.20. The fourth-order valence-corrected chi connectivity index (χ4v) is 2.74. The summed E-state index contributed by atoms with van der Waals surface area (Å²) in [5, 5.41) is 8.18. The molecule has 2 heterocycles. The number of aromatic nitrogens is 4. The number of nitrogens with one attached hydrogen (secondary N) is 2. The predicted molar refractivity (Wildman–Crippen MR) is 79.0 cm³/mol. The van der Waals surface area contributed by atoms with Crippen LogP contribution in [0.1, 0.15) is 46.5 Å². The molecular weight excluding hydrogens is 254 g/mol. The van der Waals surface area contributed by atoms with Gasteiger partial charge in [0.1, 0.15) is 5.39 Å². The van der Waals surface area contributed by atoms with Crippen molar-refractivity contribution in [3.8, 4) is 0 Å². The molecule has 108 valence electrons. The van der Waals surface area contributed by atoms with E-state index in [0.29, 0.717) is 23.0 Å². The largest absolute Gasteiger partial charge is 0.353 e. The zero-order valence-electron chi connectivity index (χ0n) is 12.2. The van der Waals surface area contributed by atoms with E-state index >= 15 is 0 Å². The zero-order valence-corrected chi connectivity index (χ0v) is 12.2. The number of H-pyrrole nitrogens is 1. The number of hydrogen-bond acceptors (Lipinski definition) is 4. The maximum absolute atomic E-state index is 12.1. The Morgan fingerprint density at radius 1 is 1.35 bits per heavy atom. The molecule has 1 saturated carbocycles. The van der Waals surface area contributed by atoms with Crippen LogP contribution in [0.5, 0.6) is 0 Å². The zero-order chi connectivity index (χ0) is 14.3. The van der Waals surface area contributed by atoms with E-state index in [1.54, 1.807) is 10.9 Å². The van der Waals surface area contributed by atoms with Crippen molar-refractivity contribution < 1.29 is 0 Å². The number of fused-ring (bicyclic) bond motifs is 1. The molecule has 0 radical (unpaired) electrons. The van der Waals surface area contributed by atoms with Crippen LogP contribution in [0.2, 0.25) is 0 Å². The molecule has 20 heavy (non-hydrogen) atoms. The number of rotatable bonds is 2. The number of nitrogens with zero attached hydrogens (tertiary/aromatic N) is 3. The first kappa shape index (κ1) is 13.1. The van der Waals surface area contributed by atoms with Gasteiger partial charge in [0.15, 0.2) is 5.65 Å². The minimum Gasteiger partial charge on any atom is -0.353 e. The van der Waals surface area contributed by atoms with Crippen molar-refractivity contribution in [2.45, 2.75) is 58.0 Å². The molecule has 0 aromatic carbocycles. The van der Waals surface area contributed by atoms with Gasteiger partial charge in [-0.25, -0.2) is 4.68 Å². The molecule has 2 aromatic rings. The summed E-state index contributed by atoms with van der Waals surface area (Å²) in [6.07, 6.45) is 6.35. The van der Waals surface area contributed by atoms with Gasteiger partial charge in [-0.1, -0.05) is 12.8 Å². The van der Waals surface area contributed by atoms with Crippen molar-refractivity contribution in [3.63, 3.8) is 0 Å². The number of hydrogen-bond donors (Lipinski definition) is 2. The van der Waals surface area contributed by atoms with Gasteiger partial charge in [0.2, 0.25) is 5.95 Å². The molecular formula is C14H21N5O. The lowest BCUT2D eigenvalue weighted by atomic mass is 10.1. The summed E-state index contributed by atoms with van der Waals surface area (Å²) >= 11 is 0. The minimum atomic E-state index is -0.201. The summed E-state index contributed by atoms with van der Waals surface area (Å²) in [5.41, 5.74) is 0.306. The van der Waals surface area contributed by atoms with Gasteiger partial charge in [-0.15, -0.1) is 0 Å². The standard InChI is InChI=1S/C14H21N5O/c1-14(2,3)19-11-10(8-15-19)12(20)18-13(17-11)16-9-6-4-5-7-9/h8-9H,4-7H2,1-3H3,(H2,16,17,18,20). The molecule has 6 nitrogen and oxygen atoms in total. The van der Waals surface area contributed by atoms with Crippen LogP contribution in [0.25, 0.3) is 11.0 Å². The van der Waals surface area contributed by atoms with Crippen LogP contribution in [-0.2, 0) is 5.54 Å². The molecule has 0 amide bonds. The van der Waals surface area contributed by atoms with Crippen LogP contribution in [0.3, 0.4) is 0 Å². The Kier molecular flexibility index (Phi) is 3.03. The second kappa shape index (κ2) is 4.61. The van der Waals surface area contributed by atoms with Crippen LogP contribution in [-0.4, -0.2) is 25.8 Å². The van der Waals surface area contributed by atoms with Gasteiger partial charge in [-0.05, 0) is 33.6 Å². The van der Waals surface area contributed by atoms with Crippen LogP contribution in [0, 0.1) is 0 Å². The van der Waals surface area contributed by atoms with E-state index in [1.807, 2.05) is 20.8 Å². The Hall–Kier alpha value is -1.85. The highest BCUT2D eigenvalue weighted by Gasteiger charge is 2.21. The Morgan fingerprint density at radius 2 is 2.05 bits per heavy atom. The van der Waals surface area contributed by atoms with Gasteiger partial charge < -0.3 is 5.32 Å². The molecule has 6 heteroatoms. The van der Waals surface area contributed by atoms with Gasteiger partial charge in [-0.2, -0.15) is 10.1 Å². The minimum absolute atomic E-state index is 0.133. The maximum Gasteiger partial charge on any atom is 0.263 e. The summed E-state index contributed by atoms with van der Waals surface area (Å²) in [6, 6.07) is 0.418. The highest BCUT2D eigenvalue weighted by Crippen LogP contribution is 2.22. The highest BCUT2D eigenvalue weighted by molar-refractivity contribution is 5.74. The fourth-order valence-electron chi connectivity index (χ4n) is 2.74. The second-order valence-corrected chi connectivity index (χ2v) is 6.50. The smallest absolute Gasteiger partial charge is 0.263 e. The fraction of sp³-hybridized carbons (Fsp3) is 0.643. The third kappa shape index (κ3) is 2.30. The van der Waals surface area contributed by atoms with Gasteiger partial charge in [0.05, 0.1) is 11.7 Å². The Balaban J connectivity index is 2.04. The van der Waals surface area contributed by atoms with E-state index in [-0.39, 0.29) is 11.1 Å². The molecule has 2 aromatic heterocycles. The van der Waals surface area contributed by atoms with Crippen molar-refractivity contribution in [3.05, 3.63) is 16.6 Å². The third-order valence-corrected chi connectivity index (χ3v) is 3.77. The van der Waals surface area contributed by atoms with Gasteiger partial charge >= 0.3 is 0 Å². The Morgan fingerprint density at radius 3 is 2.70 bits per heavy atom. The molecule has 0 atom stereocenters.